The zero-order valence-electron chi connectivity index (χ0n) is 25.7. The number of piperidine rings is 1. The zero-order chi connectivity index (χ0) is 31.6. The fraction of sp³-hybridized carbons (Fsp3) is 0.412. The Morgan fingerprint density at radius 3 is 2.65 bits per heavy atom. The van der Waals surface area contributed by atoms with Crippen molar-refractivity contribution in [1.29, 1.82) is 0 Å². The molecule has 10 nitrogen and oxygen atoms in total. The summed E-state index contributed by atoms with van der Waals surface area (Å²) in [5.41, 5.74) is 3.90. The van der Waals surface area contributed by atoms with Crippen LogP contribution in [0.5, 0.6) is 5.88 Å². The van der Waals surface area contributed by atoms with E-state index in [2.05, 4.69) is 14.6 Å². The summed E-state index contributed by atoms with van der Waals surface area (Å²) in [6.45, 7) is 2.68. The van der Waals surface area contributed by atoms with Crippen LogP contribution in [0, 0.1) is 17.0 Å². The first-order valence-electron chi connectivity index (χ1n) is 15.7. The minimum atomic E-state index is -0.833. The molecule has 3 aliphatic rings. The van der Waals surface area contributed by atoms with E-state index in [9.17, 15) is 9.18 Å². The number of methoxy groups -OCH3 is 1. The van der Waals surface area contributed by atoms with Crippen molar-refractivity contribution in [1.82, 2.24) is 24.3 Å². The Labute approximate surface area is 263 Å². The maximum atomic E-state index is 15.1. The molecule has 2 aromatic carbocycles. The molecule has 1 saturated carbocycles. The second kappa shape index (κ2) is 11.0. The molecule has 238 valence electrons. The molecule has 5 heterocycles. The van der Waals surface area contributed by atoms with Crippen LogP contribution < -0.4 is 9.64 Å². The van der Waals surface area contributed by atoms with E-state index < -0.39 is 11.6 Å². The number of benzene rings is 2. The van der Waals surface area contributed by atoms with Gasteiger partial charge in [-0.3, -0.25) is 4.68 Å². The van der Waals surface area contributed by atoms with Gasteiger partial charge in [-0.2, -0.15) is 10.1 Å². The molecule has 2 aliphatic heterocycles. The standard InChI is InChI=1S/C34H34F2N6O4/c1-40-17-22-4-3-20(13-28(22)39-40)19-46-32-26(36)15-25(35)31(38-32)41-10-8-34(9-11-41)16-24(34)30-37-27-6-5-21(33(43)44-2)14-29(27)42(30)18-23-7-12-45-23/h3-6,13-15,17,23-24H,7-12,16,18-19H2,1-2H3. The van der Waals surface area contributed by atoms with Gasteiger partial charge >= 0.3 is 5.97 Å². The maximum absolute atomic E-state index is 15.1. The van der Waals surface area contributed by atoms with Gasteiger partial charge < -0.3 is 23.7 Å². The normalized spacial score (nSPS) is 20.3. The van der Waals surface area contributed by atoms with E-state index >= 15 is 4.39 Å². The lowest BCUT2D eigenvalue weighted by molar-refractivity contribution is -0.0590. The van der Waals surface area contributed by atoms with Crippen molar-refractivity contribution in [2.45, 2.75) is 50.9 Å². The van der Waals surface area contributed by atoms with Crippen molar-refractivity contribution < 1.29 is 27.8 Å². The summed E-state index contributed by atoms with van der Waals surface area (Å²) in [7, 11) is 3.23. The summed E-state index contributed by atoms with van der Waals surface area (Å²) in [4.78, 5) is 23.5. The van der Waals surface area contributed by atoms with Gasteiger partial charge in [-0.25, -0.2) is 18.6 Å². The van der Waals surface area contributed by atoms with Crippen molar-refractivity contribution in [3.63, 3.8) is 0 Å². The molecule has 5 aromatic rings. The molecule has 2 unspecified atom stereocenters. The number of halogens is 2. The number of pyridine rings is 1. The van der Waals surface area contributed by atoms with E-state index in [4.69, 9.17) is 19.2 Å². The van der Waals surface area contributed by atoms with Crippen molar-refractivity contribution in [2.24, 2.45) is 12.5 Å². The molecule has 1 spiro atoms. The van der Waals surface area contributed by atoms with Crippen LogP contribution in [-0.4, -0.2) is 63.2 Å². The molecule has 2 saturated heterocycles. The fourth-order valence-corrected chi connectivity index (χ4v) is 7.10. The minimum Gasteiger partial charge on any atom is -0.471 e. The van der Waals surface area contributed by atoms with Crippen molar-refractivity contribution in [3.8, 4) is 5.88 Å². The van der Waals surface area contributed by atoms with Crippen LogP contribution in [0.2, 0.25) is 0 Å². The number of ether oxygens (including phenoxy) is 3. The number of carbonyl (C=O) groups is 1. The first-order valence-corrected chi connectivity index (χ1v) is 15.7. The van der Waals surface area contributed by atoms with Crippen LogP contribution in [0.4, 0.5) is 14.6 Å². The van der Waals surface area contributed by atoms with Gasteiger partial charge in [0.1, 0.15) is 12.4 Å². The summed E-state index contributed by atoms with van der Waals surface area (Å²) in [5, 5.41) is 5.41. The predicted molar refractivity (Wildman–Crippen MR) is 166 cm³/mol. The lowest BCUT2D eigenvalue weighted by Gasteiger charge is -2.34. The summed E-state index contributed by atoms with van der Waals surface area (Å²) in [6, 6.07) is 12.1. The van der Waals surface area contributed by atoms with Crippen LogP contribution in [0.15, 0.2) is 48.7 Å². The first kappa shape index (κ1) is 28.9. The van der Waals surface area contributed by atoms with Crippen LogP contribution >= 0.6 is 0 Å². The van der Waals surface area contributed by atoms with E-state index in [0.29, 0.717) is 25.2 Å². The quantitative estimate of drug-likeness (QED) is 0.207. The van der Waals surface area contributed by atoms with Crippen LogP contribution in [0.1, 0.15) is 53.3 Å². The van der Waals surface area contributed by atoms with Gasteiger partial charge in [0.2, 0.25) is 0 Å². The molecule has 3 fully saturated rings. The number of rotatable bonds is 8. The highest BCUT2D eigenvalue weighted by atomic mass is 19.1. The Hall–Kier alpha value is -4.58. The second-order valence-electron chi connectivity index (χ2n) is 12.7. The van der Waals surface area contributed by atoms with Crippen molar-refractivity contribution >= 4 is 33.7 Å². The average Bonchev–Trinajstić information content (AvgIpc) is 3.39. The molecule has 0 N–H and O–H groups in total. The molecule has 0 bridgehead atoms. The number of hydrogen-bond acceptors (Lipinski definition) is 8. The topological polar surface area (TPSA) is 96.5 Å². The number of fused-ring (bicyclic) bond motifs is 2. The largest absolute Gasteiger partial charge is 0.471 e. The van der Waals surface area contributed by atoms with E-state index in [-0.39, 0.29) is 41.7 Å². The molecule has 3 aromatic heterocycles. The maximum Gasteiger partial charge on any atom is 0.337 e. The lowest BCUT2D eigenvalue weighted by atomic mass is 9.90. The SMILES string of the molecule is COC(=O)c1ccc2nc(C3CC34CCN(c3nc(OCc5ccc6cn(C)nc6c5)c(F)cc3F)CC4)n(CC3CCO3)c2c1. The fourth-order valence-electron chi connectivity index (χ4n) is 7.10. The summed E-state index contributed by atoms with van der Waals surface area (Å²) < 4.78 is 50.3. The third kappa shape index (κ3) is 5.04. The lowest BCUT2D eigenvalue weighted by Crippen LogP contribution is -2.36. The number of hydrogen-bond donors (Lipinski definition) is 0. The highest BCUT2D eigenvalue weighted by Gasteiger charge is 2.57. The van der Waals surface area contributed by atoms with Crippen molar-refractivity contribution in [3.05, 3.63) is 77.2 Å². The van der Waals surface area contributed by atoms with Crippen molar-refractivity contribution in [2.75, 3.05) is 31.7 Å². The number of aromatic nitrogens is 5. The van der Waals surface area contributed by atoms with Gasteiger partial charge in [0.05, 0.1) is 41.9 Å². The number of carbonyl (C=O) groups excluding carboxylic acids is 1. The summed E-state index contributed by atoms with van der Waals surface area (Å²) in [5.74, 6) is -0.787. The van der Waals surface area contributed by atoms with Gasteiger partial charge in [-0.1, -0.05) is 12.1 Å². The Morgan fingerprint density at radius 2 is 1.89 bits per heavy atom. The molecular weight excluding hydrogens is 594 g/mol. The predicted octanol–water partition coefficient (Wildman–Crippen LogP) is 5.52. The van der Waals surface area contributed by atoms with Gasteiger partial charge in [0.15, 0.2) is 17.5 Å². The smallest absolute Gasteiger partial charge is 0.337 e. The highest BCUT2D eigenvalue weighted by molar-refractivity contribution is 5.93. The van der Waals surface area contributed by atoms with Crippen LogP contribution in [0.25, 0.3) is 21.9 Å². The molecule has 8 rings (SSSR count). The second-order valence-corrected chi connectivity index (χ2v) is 12.7. The Kier molecular flexibility index (Phi) is 6.93. The number of nitrogens with zero attached hydrogens (tertiary/aromatic N) is 6. The summed E-state index contributed by atoms with van der Waals surface area (Å²) >= 11 is 0. The van der Waals surface area contributed by atoms with Crippen LogP contribution in [0.3, 0.4) is 0 Å². The molecular formula is C34H34F2N6O4. The van der Waals surface area contributed by atoms with E-state index in [1.54, 1.807) is 10.7 Å². The number of esters is 1. The molecule has 46 heavy (non-hydrogen) atoms. The van der Waals surface area contributed by atoms with Gasteiger partial charge in [0.25, 0.3) is 5.88 Å². The monoisotopic (exact) mass is 628 g/mol. The molecule has 0 radical (unpaired) electrons. The molecule has 1 aliphatic carbocycles. The Morgan fingerprint density at radius 1 is 1.07 bits per heavy atom. The Balaban J connectivity index is 0.987. The van der Waals surface area contributed by atoms with Crippen LogP contribution in [-0.2, 0) is 29.7 Å². The number of anilines is 1. The molecule has 12 heteroatoms. The molecule has 2 atom stereocenters. The van der Waals surface area contributed by atoms with Gasteiger partial charge in [0, 0.05) is 50.3 Å². The average molecular weight is 629 g/mol. The highest BCUT2D eigenvalue weighted by Crippen LogP contribution is 2.65. The minimum absolute atomic E-state index is 0.0429. The first-order chi connectivity index (χ1) is 22.3. The Bertz CT molecular complexity index is 1980. The van der Waals surface area contributed by atoms with Gasteiger partial charge in [-0.05, 0) is 60.9 Å². The van der Waals surface area contributed by atoms with E-state index in [0.717, 1.165) is 71.7 Å². The zero-order valence-corrected chi connectivity index (χ0v) is 25.7. The third-order valence-electron chi connectivity index (χ3n) is 9.88. The molecule has 0 amide bonds. The number of aryl methyl sites for hydroxylation is 1. The van der Waals surface area contributed by atoms with E-state index in [1.807, 2.05) is 48.5 Å². The number of imidazole rings is 1. The van der Waals surface area contributed by atoms with E-state index in [1.165, 1.54) is 7.11 Å². The van der Waals surface area contributed by atoms with Gasteiger partial charge in [-0.15, -0.1) is 0 Å². The summed E-state index contributed by atoms with van der Waals surface area (Å²) in [6.07, 6.45) is 5.66. The third-order valence-corrected chi connectivity index (χ3v) is 9.88.